The van der Waals surface area contributed by atoms with E-state index in [2.05, 4.69) is 15.3 Å². The Morgan fingerprint density at radius 2 is 2.04 bits per heavy atom. The van der Waals surface area contributed by atoms with Gasteiger partial charge in [-0.15, -0.1) is 0 Å². The van der Waals surface area contributed by atoms with Crippen LogP contribution in [0.5, 0.6) is 0 Å². The standard InChI is InChI=1S/C18H17FN4O3/c19-10-1-2-15-12(7-10)13(8-16(24)22-15)18(26)23-5-3-11-14(4-6-23)20-9-21-17(11)25/h1-2,7,9,13H,3-6,8H2,(H,22,24)(H,20,21,25)/t13-/m1/s1. The second kappa shape index (κ2) is 6.36. The number of amides is 2. The molecule has 134 valence electrons. The quantitative estimate of drug-likeness (QED) is 0.796. The summed E-state index contributed by atoms with van der Waals surface area (Å²) >= 11 is 0. The molecule has 1 atom stereocenters. The molecule has 26 heavy (non-hydrogen) atoms. The predicted molar refractivity (Wildman–Crippen MR) is 91.2 cm³/mol. The van der Waals surface area contributed by atoms with E-state index in [1.54, 1.807) is 4.90 Å². The van der Waals surface area contributed by atoms with Crippen LogP contribution in [0.2, 0.25) is 0 Å². The smallest absolute Gasteiger partial charge is 0.254 e. The fourth-order valence-electron chi connectivity index (χ4n) is 3.63. The molecule has 1 aromatic carbocycles. The molecule has 7 nitrogen and oxygen atoms in total. The number of hydrogen-bond donors (Lipinski definition) is 2. The van der Waals surface area contributed by atoms with Gasteiger partial charge in [0.2, 0.25) is 11.8 Å². The highest BCUT2D eigenvalue weighted by Gasteiger charge is 2.34. The number of rotatable bonds is 1. The van der Waals surface area contributed by atoms with E-state index in [1.807, 2.05) is 0 Å². The summed E-state index contributed by atoms with van der Waals surface area (Å²) < 4.78 is 13.7. The Kier molecular flexibility index (Phi) is 4.02. The molecule has 3 heterocycles. The molecule has 0 saturated carbocycles. The van der Waals surface area contributed by atoms with Crippen molar-refractivity contribution in [2.45, 2.75) is 25.2 Å². The molecule has 0 aliphatic carbocycles. The van der Waals surface area contributed by atoms with Crippen LogP contribution < -0.4 is 10.9 Å². The predicted octanol–water partition coefficient (Wildman–Crippen LogP) is 0.962. The van der Waals surface area contributed by atoms with Gasteiger partial charge in [-0.2, -0.15) is 0 Å². The maximum Gasteiger partial charge on any atom is 0.254 e. The van der Waals surface area contributed by atoms with Gasteiger partial charge in [0.15, 0.2) is 0 Å². The van der Waals surface area contributed by atoms with Crippen molar-refractivity contribution in [3.05, 3.63) is 57.5 Å². The van der Waals surface area contributed by atoms with E-state index in [4.69, 9.17) is 0 Å². The summed E-state index contributed by atoms with van der Waals surface area (Å²) in [7, 11) is 0. The summed E-state index contributed by atoms with van der Waals surface area (Å²) in [6.45, 7) is 0.772. The number of nitrogens with one attached hydrogen (secondary N) is 2. The van der Waals surface area contributed by atoms with E-state index in [0.717, 1.165) is 0 Å². The van der Waals surface area contributed by atoms with Crippen molar-refractivity contribution in [3.63, 3.8) is 0 Å². The van der Waals surface area contributed by atoms with Gasteiger partial charge in [-0.25, -0.2) is 9.37 Å². The Bertz CT molecular complexity index is 956. The van der Waals surface area contributed by atoms with Gasteiger partial charge in [-0.1, -0.05) is 0 Å². The number of carbonyl (C=O) groups excluding carboxylic acids is 2. The van der Waals surface area contributed by atoms with Gasteiger partial charge >= 0.3 is 0 Å². The first-order valence-electron chi connectivity index (χ1n) is 8.46. The van der Waals surface area contributed by atoms with Crippen LogP contribution in [0.15, 0.2) is 29.3 Å². The molecule has 0 bridgehead atoms. The average Bonchev–Trinajstić information content (AvgIpc) is 2.84. The molecule has 8 heteroatoms. The van der Waals surface area contributed by atoms with E-state index in [9.17, 15) is 18.8 Å². The fraction of sp³-hybridized carbons (Fsp3) is 0.333. The number of fused-ring (bicyclic) bond motifs is 2. The molecule has 0 radical (unpaired) electrons. The first kappa shape index (κ1) is 16.4. The molecule has 0 fully saturated rings. The highest BCUT2D eigenvalue weighted by molar-refractivity contribution is 6.01. The van der Waals surface area contributed by atoms with Crippen molar-refractivity contribution in [2.24, 2.45) is 0 Å². The number of anilines is 1. The largest absolute Gasteiger partial charge is 0.341 e. The minimum atomic E-state index is -0.720. The van der Waals surface area contributed by atoms with Crippen molar-refractivity contribution >= 4 is 17.5 Å². The molecule has 0 saturated heterocycles. The monoisotopic (exact) mass is 356 g/mol. The van der Waals surface area contributed by atoms with Gasteiger partial charge in [0.25, 0.3) is 5.56 Å². The zero-order valence-electron chi connectivity index (χ0n) is 13.9. The van der Waals surface area contributed by atoms with Crippen LogP contribution in [-0.4, -0.2) is 39.8 Å². The lowest BCUT2D eigenvalue weighted by Crippen LogP contribution is -2.40. The highest BCUT2D eigenvalue weighted by Crippen LogP contribution is 2.34. The van der Waals surface area contributed by atoms with Gasteiger partial charge in [0.05, 0.1) is 17.9 Å². The summed E-state index contributed by atoms with van der Waals surface area (Å²) in [5.74, 6) is -1.66. The van der Waals surface area contributed by atoms with Gasteiger partial charge in [-0.3, -0.25) is 14.4 Å². The van der Waals surface area contributed by atoms with Gasteiger partial charge in [-0.05, 0) is 30.2 Å². The maximum absolute atomic E-state index is 13.7. The van der Waals surface area contributed by atoms with Crippen LogP contribution in [0.25, 0.3) is 0 Å². The average molecular weight is 356 g/mol. The molecule has 1 aromatic heterocycles. The number of halogens is 1. The van der Waals surface area contributed by atoms with Crippen LogP contribution in [0.3, 0.4) is 0 Å². The normalized spacial score (nSPS) is 19.2. The Morgan fingerprint density at radius 1 is 1.23 bits per heavy atom. The van der Waals surface area contributed by atoms with E-state index in [-0.39, 0.29) is 23.8 Å². The molecule has 0 spiro atoms. The van der Waals surface area contributed by atoms with E-state index >= 15 is 0 Å². The van der Waals surface area contributed by atoms with Crippen LogP contribution in [0.1, 0.15) is 29.2 Å². The number of hydrogen-bond acceptors (Lipinski definition) is 4. The van der Waals surface area contributed by atoms with Gasteiger partial charge in [0.1, 0.15) is 5.82 Å². The Morgan fingerprint density at radius 3 is 2.88 bits per heavy atom. The minimum Gasteiger partial charge on any atom is -0.341 e. The number of aromatic nitrogens is 2. The van der Waals surface area contributed by atoms with Crippen molar-refractivity contribution in [3.8, 4) is 0 Å². The summed E-state index contributed by atoms with van der Waals surface area (Å²) in [4.78, 5) is 45.4. The number of carbonyl (C=O) groups is 2. The number of aromatic amines is 1. The SMILES string of the molecule is O=C1C[C@@H](C(=O)N2CCc3nc[nH]c(=O)c3CC2)c2cc(F)ccc2N1. The first-order chi connectivity index (χ1) is 12.5. The van der Waals surface area contributed by atoms with Gasteiger partial charge in [0, 0.05) is 37.2 Å². The first-order valence-corrected chi connectivity index (χ1v) is 8.46. The molecule has 2 aliphatic heterocycles. The maximum atomic E-state index is 13.7. The molecule has 2 N–H and O–H groups in total. The zero-order chi connectivity index (χ0) is 18.3. The van der Waals surface area contributed by atoms with Crippen LogP contribution in [-0.2, 0) is 22.4 Å². The summed E-state index contributed by atoms with van der Waals surface area (Å²) in [6.07, 6.45) is 2.22. The summed E-state index contributed by atoms with van der Waals surface area (Å²) in [5.41, 5.74) is 2.06. The molecule has 4 rings (SSSR count). The Balaban J connectivity index is 1.61. The van der Waals surface area contributed by atoms with Crippen LogP contribution in [0.4, 0.5) is 10.1 Å². The molecule has 0 unspecified atom stereocenters. The highest BCUT2D eigenvalue weighted by atomic mass is 19.1. The van der Waals surface area contributed by atoms with E-state index in [0.29, 0.717) is 48.4 Å². The number of nitrogens with zero attached hydrogens (tertiary/aromatic N) is 2. The Labute approximate surface area is 148 Å². The number of benzene rings is 1. The van der Waals surface area contributed by atoms with Crippen molar-refractivity contribution < 1.29 is 14.0 Å². The van der Waals surface area contributed by atoms with Crippen molar-refractivity contribution in [1.29, 1.82) is 0 Å². The lowest BCUT2D eigenvalue weighted by atomic mass is 9.89. The molecular weight excluding hydrogens is 339 g/mol. The third-order valence-corrected chi connectivity index (χ3v) is 4.95. The molecule has 2 aromatic rings. The van der Waals surface area contributed by atoms with Crippen LogP contribution >= 0.6 is 0 Å². The lowest BCUT2D eigenvalue weighted by Gasteiger charge is -2.30. The van der Waals surface area contributed by atoms with Crippen molar-refractivity contribution in [2.75, 3.05) is 18.4 Å². The zero-order valence-corrected chi connectivity index (χ0v) is 13.9. The second-order valence-electron chi connectivity index (χ2n) is 6.52. The topological polar surface area (TPSA) is 95.2 Å². The van der Waals surface area contributed by atoms with Gasteiger partial charge < -0.3 is 15.2 Å². The lowest BCUT2D eigenvalue weighted by molar-refractivity contribution is -0.134. The number of H-pyrrole nitrogens is 1. The third-order valence-electron chi connectivity index (χ3n) is 4.95. The minimum absolute atomic E-state index is 0.0163. The van der Waals surface area contributed by atoms with E-state index in [1.165, 1.54) is 24.5 Å². The second-order valence-corrected chi connectivity index (χ2v) is 6.52. The van der Waals surface area contributed by atoms with Crippen LogP contribution in [0, 0.1) is 5.82 Å². The molecular formula is C18H17FN4O3. The summed E-state index contributed by atoms with van der Waals surface area (Å²) in [6, 6.07) is 4.03. The Hall–Kier alpha value is -3.03. The van der Waals surface area contributed by atoms with E-state index < -0.39 is 11.7 Å². The molecule has 2 aliphatic rings. The third kappa shape index (κ3) is 2.87. The fourth-order valence-corrected chi connectivity index (χ4v) is 3.63. The summed E-state index contributed by atoms with van der Waals surface area (Å²) in [5, 5.41) is 2.68. The molecule has 2 amide bonds. The van der Waals surface area contributed by atoms with Crippen molar-refractivity contribution in [1.82, 2.24) is 14.9 Å².